The molecule has 1 aromatic rings. The number of nitrogens with zero attached hydrogens (tertiary/aromatic N) is 2. The van der Waals surface area contributed by atoms with E-state index < -0.39 is 0 Å². The van der Waals surface area contributed by atoms with E-state index in [1.165, 1.54) is 46.0 Å². The van der Waals surface area contributed by atoms with Crippen molar-refractivity contribution < 1.29 is 14.4 Å². The van der Waals surface area contributed by atoms with Crippen molar-refractivity contribution >= 4 is 96.9 Å². The van der Waals surface area contributed by atoms with Crippen LogP contribution in [0.2, 0.25) is 0 Å². The summed E-state index contributed by atoms with van der Waals surface area (Å²) < 4.78 is 2.21. The molecule has 6 nitrogen and oxygen atoms in total. The predicted molar refractivity (Wildman–Crippen MR) is 167 cm³/mol. The van der Waals surface area contributed by atoms with Gasteiger partial charge in [-0.2, -0.15) is 0 Å². The van der Waals surface area contributed by atoms with Crippen LogP contribution in [-0.2, 0) is 9.59 Å². The molecule has 0 heterocycles. The normalized spacial score (nSPS) is 11.8. The van der Waals surface area contributed by atoms with Crippen LogP contribution in [-0.4, -0.2) is 37.9 Å². The average Bonchev–Trinajstić information content (AvgIpc) is 2.75. The van der Waals surface area contributed by atoms with Crippen molar-refractivity contribution in [2.45, 2.75) is 91.5 Å². The quantitative estimate of drug-likeness (QED) is 0.171. The van der Waals surface area contributed by atoms with E-state index in [-0.39, 0.29) is 23.8 Å². The number of amides is 3. The van der Waals surface area contributed by atoms with Crippen molar-refractivity contribution in [2.75, 3.05) is 23.9 Å². The molecule has 9 heteroatoms. The summed E-state index contributed by atoms with van der Waals surface area (Å²) in [5, 5.41) is 3.27. The molecule has 1 aromatic carbocycles. The second-order valence-electron chi connectivity index (χ2n) is 8.69. The molecular formula is C25H38I3N3O3. The topological polar surface area (TPSA) is 69.7 Å². The van der Waals surface area contributed by atoms with Gasteiger partial charge >= 0.3 is 0 Å². The van der Waals surface area contributed by atoms with Gasteiger partial charge < -0.3 is 15.1 Å². The smallest absolute Gasteiger partial charge is 0.253 e. The molecule has 1 N–H and O–H groups in total. The Kier molecular flexibility index (Phi) is 14.8. The monoisotopic (exact) mass is 809 g/mol. The zero-order valence-corrected chi connectivity index (χ0v) is 27.7. The van der Waals surface area contributed by atoms with Gasteiger partial charge in [0.25, 0.3) is 5.91 Å². The Morgan fingerprint density at radius 3 is 1.65 bits per heavy atom. The Morgan fingerprint density at radius 1 is 0.735 bits per heavy atom. The predicted octanol–water partition coefficient (Wildman–Crippen LogP) is 7.11. The van der Waals surface area contributed by atoms with E-state index in [4.69, 9.17) is 0 Å². The van der Waals surface area contributed by atoms with Crippen molar-refractivity contribution in [2.24, 2.45) is 0 Å². The maximum absolute atomic E-state index is 13.6. The first kappa shape index (κ1) is 31.8. The molecular weight excluding hydrogens is 771 g/mol. The van der Waals surface area contributed by atoms with Gasteiger partial charge in [0.2, 0.25) is 11.8 Å². The number of anilines is 2. The number of hydrogen-bond donors (Lipinski definition) is 1. The lowest BCUT2D eigenvalue weighted by Gasteiger charge is -2.28. The van der Waals surface area contributed by atoms with Gasteiger partial charge in [0, 0.05) is 34.0 Å². The molecule has 0 bridgehead atoms. The fourth-order valence-corrected chi connectivity index (χ4v) is 8.91. The summed E-state index contributed by atoms with van der Waals surface area (Å²) in [6, 6.07) is 0.109. The fraction of sp³-hybridized carbons (Fsp3) is 0.640. The van der Waals surface area contributed by atoms with E-state index in [0.717, 1.165) is 36.4 Å². The molecule has 192 valence electrons. The van der Waals surface area contributed by atoms with Gasteiger partial charge in [-0.25, -0.2) is 0 Å². The molecule has 1 atom stereocenters. The molecule has 1 unspecified atom stereocenters. The minimum atomic E-state index is -0.147. The van der Waals surface area contributed by atoms with Gasteiger partial charge in [-0.05, 0) is 80.6 Å². The summed E-state index contributed by atoms with van der Waals surface area (Å²) in [7, 11) is 3.40. The van der Waals surface area contributed by atoms with E-state index in [1.54, 1.807) is 23.9 Å². The minimum absolute atomic E-state index is 0.109. The van der Waals surface area contributed by atoms with Gasteiger partial charge in [-0.15, -0.1) is 0 Å². The first-order chi connectivity index (χ1) is 16.0. The van der Waals surface area contributed by atoms with Crippen molar-refractivity contribution in [1.29, 1.82) is 0 Å². The van der Waals surface area contributed by atoms with Crippen molar-refractivity contribution in [1.82, 2.24) is 5.32 Å². The summed E-state index contributed by atoms with van der Waals surface area (Å²) >= 11 is 6.49. The van der Waals surface area contributed by atoms with Crippen LogP contribution in [0, 0.1) is 10.7 Å². The molecule has 0 saturated carbocycles. The summed E-state index contributed by atoms with van der Waals surface area (Å²) in [6.45, 7) is 7.35. The third-order valence-electron chi connectivity index (χ3n) is 5.99. The Hall–Kier alpha value is -0.180. The van der Waals surface area contributed by atoms with Gasteiger partial charge in [0.05, 0.1) is 27.6 Å². The highest BCUT2D eigenvalue weighted by atomic mass is 127. The number of rotatable bonds is 13. The number of nitrogens with one attached hydrogen (secondary N) is 1. The number of hydrogen-bond acceptors (Lipinski definition) is 3. The minimum Gasteiger partial charge on any atom is -0.349 e. The molecule has 3 amide bonds. The van der Waals surface area contributed by atoms with E-state index >= 15 is 0 Å². The highest BCUT2D eigenvalue weighted by Crippen LogP contribution is 2.42. The number of carbonyl (C=O) groups is 3. The Balaban J connectivity index is 3.33. The van der Waals surface area contributed by atoms with Crippen LogP contribution >= 0.6 is 67.8 Å². The molecule has 0 aliphatic heterocycles. The standard InChI is InChI=1S/C25H38I3N3O3/c1-7-9-10-11-12-13-15-18(14-8-2)29-25(34)19-20(26)23(30(5)16(3)32)22(28)24(21(19)27)31(6)17(4)33/h18H,7-15H2,1-6H3,(H,29,34). The van der Waals surface area contributed by atoms with E-state index in [1.807, 2.05) is 0 Å². The molecule has 34 heavy (non-hydrogen) atoms. The number of carbonyl (C=O) groups excluding carboxylic acids is 3. The van der Waals surface area contributed by atoms with Crippen LogP contribution in [0.25, 0.3) is 0 Å². The Labute approximate surface area is 246 Å². The van der Waals surface area contributed by atoms with Gasteiger partial charge in [-0.1, -0.05) is 58.8 Å². The lowest BCUT2D eigenvalue weighted by Crippen LogP contribution is -2.37. The summed E-state index contributed by atoms with van der Waals surface area (Å²) in [4.78, 5) is 41.2. The second-order valence-corrected chi connectivity index (χ2v) is 11.9. The third-order valence-corrected chi connectivity index (χ3v) is 9.11. The van der Waals surface area contributed by atoms with Crippen LogP contribution in [0.3, 0.4) is 0 Å². The third kappa shape index (κ3) is 8.74. The zero-order valence-electron chi connectivity index (χ0n) is 21.2. The highest BCUT2D eigenvalue weighted by Gasteiger charge is 2.30. The lowest BCUT2D eigenvalue weighted by molar-refractivity contribution is -0.117. The Bertz CT molecular complexity index is 830. The summed E-state index contributed by atoms with van der Waals surface area (Å²) in [6.07, 6.45) is 10.2. The van der Waals surface area contributed by atoms with Crippen LogP contribution in [0.4, 0.5) is 11.4 Å². The van der Waals surface area contributed by atoms with Gasteiger partial charge in [0.15, 0.2) is 0 Å². The maximum Gasteiger partial charge on any atom is 0.253 e. The molecule has 0 radical (unpaired) electrons. The van der Waals surface area contributed by atoms with Crippen molar-refractivity contribution in [3.05, 3.63) is 16.3 Å². The largest absolute Gasteiger partial charge is 0.349 e. The number of halogens is 3. The van der Waals surface area contributed by atoms with Crippen LogP contribution in [0.1, 0.15) is 95.8 Å². The molecule has 0 aliphatic rings. The number of unbranched alkanes of at least 4 members (excludes halogenated alkanes) is 5. The molecule has 0 aromatic heterocycles. The fourth-order valence-electron chi connectivity index (χ4n) is 3.81. The van der Waals surface area contributed by atoms with Gasteiger partial charge in [0.1, 0.15) is 0 Å². The first-order valence-corrected chi connectivity index (χ1v) is 15.2. The van der Waals surface area contributed by atoms with Crippen molar-refractivity contribution in [3.8, 4) is 0 Å². The average molecular weight is 809 g/mol. The summed E-state index contributed by atoms with van der Waals surface area (Å²) in [5.74, 6) is -0.412. The molecule has 0 fully saturated rings. The van der Waals surface area contributed by atoms with Crippen LogP contribution in [0.15, 0.2) is 0 Å². The Morgan fingerprint density at radius 2 is 1.21 bits per heavy atom. The molecule has 1 rings (SSSR count). The van der Waals surface area contributed by atoms with E-state index in [9.17, 15) is 14.4 Å². The SMILES string of the molecule is CCCCCCCCC(CCC)NC(=O)c1c(I)c(N(C)C(C)=O)c(I)c(N(C)C(C)=O)c1I. The van der Waals surface area contributed by atoms with Crippen LogP contribution in [0.5, 0.6) is 0 Å². The van der Waals surface area contributed by atoms with E-state index in [0.29, 0.717) is 16.9 Å². The lowest BCUT2D eigenvalue weighted by atomic mass is 10.0. The summed E-state index contributed by atoms with van der Waals surface area (Å²) in [5.41, 5.74) is 1.84. The number of benzene rings is 1. The van der Waals surface area contributed by atoms with Crippen molar-refractivity contribution in [3.63, 3.8) is 0 Å². The maximum atomic E-state index is 13.6. The molecule has 0 spiro atoms. The second kappa shape index (κ2) is 15.8. The van der Waals surface area contributed by atoms with Crippen LogP contribution < -0.4 is 15.1 Å². The zero-order chi connectivity index (χ0) is 26.0. The molecule has 0 aliphatic carbocycles. The molecule has 0 saturated heterocycles. The highest BCUT2D eigenvalue weighted by molar-refractivity contribution is 14.1. The van der Waals surface area contributed by atoms with E-state index in [2.05, 4.69) is 86.9 Å². The van der Waals surface area contributed by atoms with Gasteiger partial charge in [-0.3, -0.25) is 14.4 Å². The first-order valence-electron chi connectivity index (χ1n) is 12.0.